The molecule has 0 unspecified atom stereocenters. The Bertz CT molecular complexity index is 1540. The summed E-state index contributed by atoms with van der Waals surface area (Å²) >= 11 is 7.54. The zero-order valence-electron chi connectivity index (χ0n) is 22.4. The highest BCUT2D eigenvalue weighted by Crippen LogP contribution is 2.40. The van der Waals surface area contributed by atoms with Gasteiger partial charge >= 0.3 is 5.97 Å². The molecule has 1 aliphatic carbocycles. The molecule has 1 N–H and O–H groups in total. The van der Waals surface area contributed by atoms with Gasteiger partial charge in [-0.2, -0.15) is 0 Å². The summed E-state index contributed by atoms with van der Waals surface area (Å²) in [6.45, 7) is -0.642. The topological polar surface area (TPSA) is 120 Å². The van der Waals surface area contributed by atoms with Gasteiger partial charge in [-0.05, 0) is 61.6 Å². The van der Waals surface area contributed by atoms with E-state index in [1.165, 1.54) is 70.1 Å². The number of carbonyl (C=O) groups excluding carboxylic acids is 2. The number of nitrogens with one attached hydrogen (secondary N) is 1. The average molecular weight is 609 g/mol. The van der Waals surface area contributed by atoms with Crippen molar-refractivity contribution in [3.05, 3.63) is 57.4 Å². The Labute approximate surface area is 241 Å². The standard InChI is InChI=1S/C27H29ClN2O8S2/c1-35-20-11-9-16(28)13-19(20)30(40(33,34)17-10-12-21(36-2)22(14-17)37-3)15-24(31)29-26-25(27(32)38-4)18-7-5-6-8-23(18)39-26/h9-14H,5-8,15H2,1-4H3,(H,29,31). The molecule has 0 atom stereocenters. The molecule has 1 amide bonds. The Hall–Kier alpha value is -3.48. The molecule has 0 saturated carbocycles. The average Bonchev–Trinajstić information content (AvgIpc) is 3.32. The molecule has 0 saturated heterocycles. The Morgan fingerprint density at radius 3 is 2.30 bits per heavy atom. The maximum atomic E-state index is 14.0. The van der Waals surface area contributed by atoms with E-state index in [1.54, 1.807) is 6.07 Å². The predicted molar refractivity (Wildman–Crippen MR) is 153 cm³/mol. The van der Waals surface area contributed by atoms with E-state index in [1.807, 2.05) is 0 Å². The minimum Gasteiger partial charge on any atom is -0.495 e. The molecule has 40 heavy (non-hydrogen) atoms. The van der Waals surface area contributed by atoms with Gasteiger partial charge in [0.15, 0.2) is 11.5 Å². The summed E-state index contributed by atoms with van der Waals surface area (Å²) in [6.07, 6.45) is 3.39. The lowest BCUT2D eigenvalue weighted by Gasteiger charge is -2.26. The first-order chi connectivity index (χ1) is 19.1. The van der Waals surface area contributed by atoms with Gasteiger partial charge in [-0.1, -0.05) is 11.6 Å². The highest BCUT2D eigenvalue weighted by atomic mass is 35.5. The summed E-state index contributed by atoms with van der Waals surface area (Å²) in [5.41, 5.74) is 1.23. The molecule has 0 bridgehead atoms. The number of hydrogen-bond donors (Lipinski definition) is 1. The van der Waals surface area contributed by atoms with E-state index in [0.717, 1.165) is 34.0 Å². The number of aryl methyl sites for hydroxylation is 1. The molecule has 214 valence electrons. The summed E-state index contributed by atoms with van der Waals surface area (Å²) in [4.78, 5) is 27.0. The molecule has 4 rings (SSSR count). The third kappa shape index (κ3) is 5.84. The molecule has 0 fully saturated rings. The van der Waals surface area contributed by atoms with Crippen LogP contribution in [-0.2, 0) is 32.4 Å². The fourth-order valence-corrected chi connectivity index (χ4v) is 7.43. The number of anilines is 2. The summed E-state index contributed by atoms with van der Waals surface area (Å²) in [6, 6.07) is 8.56. The lowest BCUT2D eigenvalue weighted by Crippen LogP contribution is -2.38. The van der Waals surface area contributed by atoms with Crippen molar-refractivity contribution in [2.75, 3.05) is 44.6 Å². The molecule has 0 radical (unpaired) electrons. The summed E-state index contributed by atoms with van der Waals surface area (Å²) in [5.74, 6) is -0.514. The fourth-order valence-electron chi connectivity index (χ4n) is 4.53. The van der Waals surface area contributed by atoms with Crippen LogP contribution in [0.4, 0.5) is 10.7 Å². The predicted octanol–water partition coefficient (Wildman–Crippen LogP) is 4.93. The molecule has 0 spiro atoms. The van der Waals surface area contributed by atoms with Crippen LogP contribution < -0.4 is 23.8 Å². The lowest BCUT2D eigenvalue weighted by molar-refractivity contribution is -0.114. The number of benzene rings is 2. The van der Waals surface area contributed by atoms with Gasteiger partial charge < -0.3 is 24.3 Å². The molecule has 3 aromatic rings. The number of sulfonamides is 1. The molecule has 1 heterocycles. The van der Waals surface area contributed by atoms with Gasteiger partial charge in [-0.3, -0.25) is 9.10 Å². The monoisotopic (exact) mass is 608 g/mol. The Morgan fingerprint density at radius 1 is 0.950 bits per heavy atom. The minimum atomic E-state index is -4.37. The Balaban J connectivity index is 1.76. The van der Waals surface area contributed by atoms with E-state index in [2.05, 4.69) is 5.32 Å². The van der Waals surface area contributed by atoms with Crippen molar-refractivity contribution >= 4 is 55.5 Å². The fraction of sp³-hybridized carbons (Fsp3) is 0.333. The van der Waals surface area contributed by atoms with E-state index >= 15 is 0 Å². The van der Waals surface area contributed by atoms with Gasteiger partial charge in [0.25, 0.3) is 10.0 Å². The number of halogens is 1. The van der Waals surface area contributed by atoms with E-state index in [0.29, 0.717) is 22.7 Å². The third-order valence-electron chi connectivity index (χ3n) is 6.45. The highest BCUT2D eigenvalue weighted by molar-refractivity contribution is 7.92. The van der Waals surface area contributed by atoms with Gasteiger partial charge in [-0.15, -0.1) is 11.3 Å². The molecule has 1 aromatic heterocycles. The smallest absolute Gasteiger partial charge is 0.341 e. The van der Waals surface area contributed by atoms with Crippen molar-refractivity contribution in [3.8, 4) is 17.2 Å². The maximum absolute atomic E-state index is 14.0. The van der Waals surface area contributed by atoms with Gasteiger partial charge in [0.05, 0.1) is 44.6 Å². The van der Waals surface area contributed by atoms with Crippen molar-refractivity contribution in [2.24, 2.45) is 0 Å². The van der Waals surface area contributed by atoms with Crippen LogP contribution in [0.15, 0.2) is 41.3 Å². The van der Waals surface area contributed by atoms with Crippen molar-refractivity contribution in [1.82, 2.24) is 0 Å². The molecule has 0 aliphatic heterocycles. The van der Waals surface area contributed by atoms with Crippen LogP contribution in [0, 0.1) is 0 Å². The number of fused-ring (bicyclic) bond motifs is 1. The lowest BCUT2D eigenvalue weighted by atomic mass is 9.95. The van der Waals surface area contributed by atoms with Crippen LogP contribution in [0.1, 0.15) is 33.6 Å². The number of ether oxygens (including phenoxy) is 4. The van der Waals surface area contributed by atoms with Crippen molar-refractivity contribution in [1.29, 1.82) is 0 Å². The third-order valence-corrected chi connectivity index (χ3v) is 9.65. The van der Waals surface area contributed by atoms with Crippen LogP contribution in [0.25, 0.3) is 0 Å². The van der Waals surface area contributed by atoms with Crippen LogP contribution >= 0.6 is 22.9 Å². The summed E-state index contributed by atoms with van der Waals surface area (Å²) in [7, 11) is 1.11. The largest absolute Gasteiger partial charge is 0.495 e. The molecule has 13 heteroatoms. The number of rotatable bonds is 10. The van der Waals surface area contributed by atoms with Crippen LogP contribution in [0.2, 0.25) is 5.02 Å². The first-order valence-corrected chi connectivity index (χ1v) is 14.9. The van der Waals surface area contributed by atoms with E-state index in [9.17, 15) is 18.0 Å². The number of esters is 1. The molecule has 1 aliphatic rings. The molecular formula is C27H29ClN2O8S2. The van der Waals surface area contributed by atoms with Crippen molar-refractivity contribution in [3.63, 3.8) is 0 Å². The second-order valence-corrected chi connectivity index (χ2v) is 12.2. The number of methoxy groups -OCH3 is 4. The van der Waals surface area contributed by atoms with E-state index in [4.69, 9.17) is 30.5 Å². The Morgan fingerprint density at radius 2 is 1.62 bits per heavy atom. The zero-order valence-corrected chi connectivity index (χ0v) is 24.8. The molecular weight excluding hydrogens is 580 g/mol. The number of hydrogen-bond acceptors (Lipinski definition) is 9. The Kier molecular flexibility index (Phi) is 9.12. The van der Waals surface area contributed by atoms with Crippen molar-refractivity contribution in [2.45, 2.75) is 30.6 Å². The SMILES string of the molecule is COC(=O)c1c(NC(=O)CN(c2cc(Cl)ccc2OC)S(=O)(=O)c2ccc(OC)c(OC)c2)sc2c1CCCC2. The summed E-state index contributed by atoms with van der Waals surface area (Å²) in [5, 5.41) is 3.32. The number of amides is 1. The quantitative estimate of drug-likeness (QED) is 0.322. The number of carbonyl (C=O) groups is 2. The van der Waals surface area contributed by atoms with Gasteiger partial charge in [0.1, 0.15) is 17.3 Å². The number of nitrogens with zero attached hydrogens (tertiary/aromatic N) is 1. The zero-order chi connectivity index (χ0) is 29.0. The second kappa shape index (κ2) is 12.4. The highest BCUT2D eigenvalue weighted by Gasteiger charge is 2.32. The van der Waals surface area contributed by atoms with Crippen LogP contribution in [-0.4, -0.2) is 55.3 Å². The van der Waals surface area contributed by atoms with Crippen molar-refractivity contribution < 1.29 is 37.0 Å². The van der Waals surface area contributed by atoms with Crippen LogP contribution in [0.5, 0.6) is 17.2 Å². The first-order valence-electron chi connectivity index (χ1n) is 12.3. The van der Waals surface area contributed by atoms with Crippen LogP contribution in [0.3, 0.4) is 0 Å². The van der Waals surface area contributed by atoms with E-state index in [-0.39, 0.29) is 27.1 Å². The minimum absolute atomic E-state index is 0.0543. The summed E-state index contributed by atoms with van der Waals surface area (Å²) < 4.78 is 49.9. The molecule has 10 nitrogen and oxygen atoms in total. The second-order valence-electron chi connectivity index (χ2n) is 8.80. The maximum Gasteiger partial charge on any atom is 0.341 e. The van der Waals surface area contributed by atoms with Gasteiger partial charge in [0.2, 0.25) is 5.91 Å². The van der Waals surface area contributed by atoms with Gasteiger partial charge in [-0.25, -0.2) is 13.2 Å². The number of thiophene rings is 1. The molecule has 2 aromatic carbocycles. The first kappa shape index (κ1) is 29.5. The van der Waals surface area contributed by atoms with E-state index < -0.39 is 28.4 Å². The van der Waals surface area contributed by atoms with Gasteiger partial charge in [0, 0.05) is 16.0 Å². The normalized spacial score (nSPS) is 12.7.